The number of aliphatic hydroxyl groups excluding tert-OH is 2. The fourth-order valence-corrected chi connectivity index (χ4v) is 2.26. The van der Waals surface area contributed by atoms with Gasteiger partial charge in [-0.2, -0.15) is 0 Å². The second kappa shape index (κ2) is 6.14. The molecule has 2 N–H and O–H groups in total. The van der Waals surface area contributed by atoms with Crippen molar-refractivity contribution in [1.82, 2.24) is 9.80 Å². The first-order valence-corrected chi connectivity index (χ1v) is 6.46. The Morgan fingerprint density at radius 1 is 1.26 bits per heavy atom. The van der Waals surface area contributed by atoms with Crippen LogP contribution in [0.4, 0.5) is 0 Å². The second-order valence-electron chi connectivity index (χ2n) is 4.92. The molecule has 1 aliphatic heterocycles. The van der Waals surface area contributed by atoms with Gasteiger partial charge in [-0.1, -0.05) is 12.1 Å². The minimum atomic E-state index is -0.0183. The van der Waals surface area contributed by atoms with Gasteiger partial charge in [0.05, 0.1) is 19.3 Å². The lowest BCUT2D eigenvalue weighted by Crippen LogP contribution is -2.54. The average Bonchev–Trinajstić information content (AvgIpc) is 2.47. The van der Waals surface area contributed by atoms with Crippen LogP contribution in [0, 0.1) is 0 Å². The highest BCUT2D eigenvalue weighted by Crippen LogP contribution is 2.13. The number of benzene rings is 1. The molecule has 0 bridgehead atoms. The quantitative estimate of drug-likeness (QED) is 0.802. The largest absolute Gasteiger partial charge is 0.395 e. The van der Waals surface area contributed by atoms with Crippen LogP contribution in [0.1, 0.15) is 15.9 Å². The zero-order valence-corrected chi connectivity index (χ0v) is 11.1. The van der Waals surface area contributed by atoms with E-state index >= 15 is 0 Å². The first kappa shape index (κ1) is 14.0. The maximum atomic E-state index is 12.3. The number of amides is 1. The molecule has 5 heteroatoms. The van der Waals surface area contributed by atoms with E-state index < -0.39 is 0 Å². The van der Waals surface area contributed by atoms with Crippen LogP contribution in [-0.2, 0) is 6.61 Å². The monoisotopic (exact) mass is 264 g/mol. The molecule has 0 radical (unpaired) electrons. The first-order valence-electron chi connectivity index (χ1n) is 6.46. The minimum Gasteiger partial charge on any atom is -0.395 e. The Labute approximate surface area is 113 Å². The molecule has 1 heterocycles. The molecule has 1 fully saturated rings. The van der Waals surface area contributed by atoms with E-state index in [1.165, 1.54) is 0 Å². The zero-order chi connectivity index (χ0) is 13.8. The summed E-state index contributed by atoms with van der Waals surface area (Å²) in [6.45, 7) is 2.03. The van der Waals surface area contributed by atoms with E-state index in [0.717, 1.165) is 12.1 Å². The van der Waals surface area contributed by atoms with Crippen LogP contribution in [0.3, 0.4) is 0 Å². The molecule has 1 amide bonds. The molecular formula is C14H20N2O3. The predicted octanol–water partition coefficient (Wildman–Crippen LogP) is -0.0726. The molecule has 0 saturated carbocycles. The molecule has 1 saturated heterocycles. The zero-order valence-electron chi connectivity index (χ0n) is 11.1. The molecule has 1 aliphatic rings. The minimum absolute atomic E-state index is 0.00872. The summed E-state index contributed by atoms with van der Waals surface area (Å²) in [6.07, 6.45) is 0. The Morgan fingerprint density at radius 2 is 1.95 bits per heavy atom. The number of carbonyl (C=O) groups is 1. The SMILES string of the molecule is CN1CCN(C(=O)c2ccc(CO)cc2)C[C@@H]1CO. The van der Waals surface area contributed by atoms with Gasteiger partial charge < -0.3 is 15.1 Å². The van der Waals surface area contributed by atoms with Gasteiger partial charge in [0, 0.05) is 25.2 Å². The van der Waals surface area contributed by atoms with Gasteiger partial charge in [-0.15, -0.1) is 0 Å². The van der Waals surface area contributed by atoms with E-state index in [1.54, 1.807) is 29.2 Å². The summed E-state index contributed by atoms with van der Waals surface area (Å²) < 4.78 is 0. The highest BCUT2D eigenvalue weighted by atomic mass is 16.3. The van der Waals surface area contributed by atoms with Crippen LogP contribution < -0.4 is 0 Å². The number of piperazine rings is 1. The summed E-state index contributed by atoms with van der Waals surface area (Å²) in [5.74, 6) is -0.0176. The summed E-state index contributed by atoms with van der Waals surface area (Å²) in [6, 6.07) is 6.99. The van der Waals surface area contributed by atoms with E-state index in [2.05, 4.69) is 4.90 Å². The van der Waals surface area contributed by atoms with Gasteiger partial charge in [-0.05, 0) is 24.7 Å². The summed E-state index contributed by atoms with van der Waals surface area (Å²) >= 11 is 0. The van der Waals surface area contributed by atoms with Gasteiger partial charge >= 0.3 is 0 Å². The molecule has 1 atom stereocenters. The van der Waals surface area contributed by atoms with E-state index in [-0.39, 0.29) is 25.2 Å². The normalized spacial score (nSPS) is 20.6. The van der Waals surface area contributed by atoms with Gasteiger partial charge in [0.25, 0.3) is 5.91 Å². The Balaban J connectivity index is 2.06. The van der Waals surface area contributed by atoms with Crippen molar-refractivity contribution in [2.45, 2.75) is 12.6 Å². The van der Waals surface area contributed by atoms with Crippen LogP contribution in [0.25, 0.3) is 0 Å². The molecule has 1 aromatic rings. The Bertz CT molecular complexity index is 433. The Hall–Kier alpha value is -1.43. The lowest BCUT2D eigenvalue weighted by Gasteiger charge is -2.38. The standard InChI is InChI=1S/C14H20N2O3/c1-15-6-7-16(8-13(15)10-18)14(19)12-4-2-11(9-17)3-5-12/h2-5,13,17-18H,6-10H2,1H3/t13-/m1/s1. The summed E-state index contributed by atoms with van der Waals surface area (Å²) in [4.78, 5) is 16.2. The molecule has 1 aromatic carbocycles. The van der Waals surface area contributed by atoms with E-state index in [4.69, 9.17) is 5.11 Å². The van der Waals surface area contributed by atoms with Gasteiger partial charge in [0.2, 0.25) is 0 Å². The van der Waals surface area contributed by atoms with Gasteiger partial charge in [-0.3, -0.25) is 9.69 Å². The fraction of sp³-hybridized carbons (Fsp3) is 0.500. The highest BCUT2D eigenvalue weighted by Gasteiger charge is 2.27. The topological polar surface area (TPSA) is 64.0 Å². The number of carbonyl (C=O) groups excluding carboxylic acids is 1. The third-order valence-corrected chi connectivity index (χ3v) is 3.66. The van der Waals surface area contributed by atoms with Gasteiger partial charge in [0.1, 0.15) is 0 Å². The predicted molar refractivity (Wildman–Crippen MR) is 71.8 cm³/mol. The number of hydrogen-bond acceptors (Lipinski definition) is 4. The number of nitrogens with zero attached hydrogens (tertiary/aromatic N) is 2. The maximum absolute atomic E-state index is 12.3. The lowest BCUT2D eigenvalue weighted by atomic mass is 10.1. The van der Waals surface area contributed by atoms with Crippen molar-refractivity contribution in [2.24, 2.45) is 0 Å². The fourth-order valence-electron chi connectivity index (χ4n) is 2.26. The molecule has 0 aliphatic carbocycles. The molecular weight excluding hydrogens is 244 g/mol. The van der Waals surface area contributed by atoms with Crippen molar-refractivity contribution in [3.05, 3.63) is 35.4 Å². The Kier molecular flexibility index (Phi) is 4.52. The van der Waals surface area contributed by atoms with Crippen LogP contribution in [-0.4, -0.2) is 65.3 Å². The highest BCUT2D eigenvalue weighted by molar-refractivity contribution is 5.94. The molecule has 0 aromatic heterocycles. The van der Waals surface area contributed by atoms with Crippen molar-refractivity contribution in [2.75, 3.05) is 33.3 Å². The smallest absolute Gasteiger partial charge is 0.253 e. The molecule has 0 spiro atoms. The van der Waals surface area contributed by atoms with Crippen LogP contribution in [0.15, 0.2) is 24.3 Å². The second-order valence-corrected chi connectivity index (χ2v) is 4.92. The van der Waals surface area contributed by atoms with E-state index in [0.29, 0.717) is 18.7 Å². The van der Waals surface area contributed by atoms with Crippen molar-refractivity contribution in [1.29, 1.82) is 0 Å². The lowest BCUT2D eigenvalue weighted by molar-refractivity contribution is 0.0421. The number of likely N-dealkylation sites (N-methyl/N-ethyl adjacent to an activating group) is 1. The van der Waals surface area contributed by atoms with Crippen molar-refractivity contribution in [3.8, 4) is 0 Å². The number of aliphatic hydroxyl groups is 2. The van der Waals surface area contributed by atoms with Crippen LogP contribution in [0.5, 0.6) is 0 Å². The third kappa shape index (κ3) is 3.12. The van der Waals surface area contributed by atoms with Crippen LogP contribution >= 0.6 is 0 Å². The number of hydrogen-bond donors (Lipinski definition) is 2. The summed E-state index contributed by atoms with van der Waals surface area (Å²) in [5, 5.41) is 18.3. The van der Waals surface area contributed by atoms with E-state index in [1.807, 2.05) is 7.05 Å². The van der Waals surface area contributed by atoms with Crippen LogP contribution in [0.2, 0.25) is 0 Å². The van der Waals surface area contributed by atoms with Crippen molar-refractivity contribution in [3.63, 3.8) is 0 Å². The molecule has 2 rings (SSSR count). The molecule has 0 unspecified atom stereocenters. The molecule has 104 valence electrons. The summed E-state index contributed by atoms with van der Waals surface area (Å²) in [5.41, 5.74) is 1.42. The maximum Gasteiger partial charge on any atom is 0.253 e. The Morgan fingerprint density at radius 3 is 2.53 bits per heavy atom. The van der Waals surface area contributed by atoms with Crippen molar-refractivity contribution < 1.29 is 15.0 Å². The van der Waals surface area contributed by atoms with Gasteiger partial charge in [0.15, 0.2) is 0 Å². The van der Waals surface area contributed by atoms with Crippen molar-refractivity contribution >= 4 is 5.91 Å². The summed E-state index contributed by atoms with van der Waals surface area (Å²) in [7, 11) is 1.96. The average molecular weight is 264 g/mol. The number of rotatable bonds is 3. The molecule has 19 heavy (non-hydrogen) atoms. The molecule has 5 nitrogen and oxygen atoms in total. The first-order chi connectivity index (χ1) is 9.15. The third-order valence-electron chi connectivity index (χ3n) is 3.66. The van der Waals surface area contributed by atoms with E-state index in [9.17, 15) is 9.90 Å². The van der Waals surface area contributed by atoms with Gasteiger partial charge in [-0.25, -0.2) is 0 Å².